The zero-order chi connectivity index (χ0) is 13.1. The van der Waals surface area contributed by atoms with Gasteiger partial charge in [-0.3, -0.25) is 9.48 Å². The molecule has 0 bridgehead atoms. The first kappa shape index (κ1) is 12.6. The van der Waals surface area contributed by atoms with Crippen molar-refractivity contribution >= 4 is 0 Å². The van der Waals surface area contributed by atoms with Gasteiger partial charge in [0.1, 0.15) is 0 Å². The summed E-state index contributed by atoms with van der Waals surface area (Å²) in [4.78, 5) is 11.9. The molecule has 0 saturated carbocycles. The Bertz CT molecular complexity index is 583. The minimum Gasteiger partial charge on any atom is -0.309 e. The zero-order valence-electron chi connectivity index (χ0n) is 11.1. The van der Waals surface area contributed by atoms with E-state index in [1.54, 1.807) is 10.8 Å². The van der Waals surface area contributed by atoms with Crippen molar-refractivity contribution in [3.05, 3.63) is 52.2 Å². The van der Waals surface area contributed by atoms with Crippen LogP contribution in [0.4, 0.5) is 0 Å². The van der Waals surface area contributed by atoms with E-state index < -0.39 is 0 Å². The van der Waals surface area contributed by atoms with E-state index in [9.17, 15) is 4.79 Å². The van der Waals surface area contributed by atoms with Crippen molar-refractivity contribution in [2.24, 2.45) is 0 Å². The molecule has 4 nitrogen and oxygen atoms in total. The standard InChI is InChI=1S/C14H19N3O/c1-4-12(3)17-9-7-13(15-17)10-16-8-5-6-11(2)14(16)18/h5-9,12H,4,10H2,1-3H3. The van der Waals surface area contributed by atoms with Gasteiger partial charge in [0.2, 0.25) is 0 Å². The molecule has 0 aliphatic carbocycles. The number of aromatic nitrogens is 3. The average molecular weight is 245 g/mol. The van der Waals surface area contributed by atoms with E-state index >= 15 is 0 Å². The van der Waals surface area contributed by atoms with Gasteiger partial charge in [0.15, 0.2) is 0 Å². The van der Waals surface area contributed by atoms with Crippen LogP contribution in [0.2, 0.25) is 0 Å². The largest absolute Gasteiger partial charge is 0.309 e. The Morgan fingerprint density at radius 3 is 2.83 bits per heavy atom. The van der Waals surface area contributed by atoms with Crippen LogP contribution in [0, 0.1) is 6.92 Å². The van der Waals surface area contributed by atoms with Crippen LogP contribution in [0.15, 0.2) is 35.4 Å². The Morgan fingerprint density at radius 1 is 1.33 bits per heavy atom. The molecule has 18 heavy (non-hydrogen) atoms. The fourth-order valence-electron chi connectivity index (χ4n) is 1.85. The second-order valence-electron chi connectivity index (χ2n) is 4.67. The van der Waals surface area contributed by atoms with Crippen LogP contribution in [-0.4, -0.2) is 14.3 Å². The van der Waals surface area contributed by atoms with Gasteiger partial charge in [-0.1, -0.05) is 13.0 Å². The van der Waals surface area contributed by atoms with Crippen LogP contribution in [0.5, 0.6) is 0 Å². The van der Waals surface area contributed by atoms with Crippen LogP contribution in [0.1, 0.15) is 37.6 Å². The molecule has 0 aliphatic heterocycles. The van der Waals surface area contributed by atoms with E-state index in [0.717, 1.165) is 17.7 Å². The predicted molar refractivity (Wildman–Crippen MR) is 71.8 cm³/mol. The molecule has 0 amide bonds. The number of rotatable bonds is 4. The Balaban J connectivity index is 2.22. The van der Waals surface area contributed by atoms with Crippen LogP contribution in [0.25, 0.3) is 0 Å². The molecule has 2 aromatic heterocycles. The highest BCUT2D eigenvalue weighted by atomic mass is 16.1. The summed E-state index contributed by atoms with van der Waals surface area (Å²) in [5.41, 5.74) is 1.73. The molecule has 2 rings (SSSR count). The maximum absolute atomic E-state index is 11.9. The summed E-state index contributed by atoms with van der Waals surface area (Å²) in [5.74, 6) is 0. The number of pyridine rings is 1. The Labute approximate surface area is 107 Å². The van der Waals surface area contributed by atoms with Crippen LogP contribution in [0.3, 0.4) is 0 Å². The van der Waals surface area contributed by atoms with Crippen LogP contribution in [-0.2, 0) is 6.54 Å². The van der Waals surface area contributed by atoms with E-state index in [1.165, 1.54) is 0 Å². The lowest BCUT2D eigenvalue weighted by Crippen LogP contribution is -2.22. The Morgan fingerprint density at radius 2 is 2.11 bits per heavy atom. The van der Waals surface area contributed by atoms with Crippen molar-refractivity contribution in [2.75, 3.05) is 0 Å². The summed E-state index contributed by atoms with van der Waals surface area (Å²) < 4.78 is 3.65. The maximum Gasteiger partial charge on any atom is 0.253 e. The molecule has 0 N–H and O–H groups in total. The molecule has 96 valence electrons. The van der Waals surface area contributed by atoms with Crippen molar-refractivity contribution in [1.29, 1.82) is 0 Å². The van der Waals surface area contributed by atoms with Crippen LogP contribution >= 0.6 is 0 Å². The minimum atomic E-state index is 0.0515. The quantitative estimate of drug-likeness (QED) is 0.829. The lowest BCUT2D eigenvalue weighted by Gasteiger charge is -2.08. The van der Waals surface area contributed by atoms with E-state index in [2.05, 4.69) is 18.9 Å². The van der Waals surface area contributed by atoms with Crippen molar-refractivity contribution in [1.82, 2.24) is 14.3 Å². The SMILES string of the molecule is CCC(C)n1ccc(Cn2cccc(C)c2=O)n1. The fraction of sp³-hybridized carbons (Fsp3) is 0.429. The van der Waals surface area contributed by atoms with Gasteiger partial charge in [0.05, 0.1) is 12.2 Å². The van der Waals surface area contributed by atoms with E-state index in [0.29, 0.717) is 12.6 Å². The molecule has 1 unspecified atom stereocenters. The lowest BCUT2D eigenvalue weighted by atomic mass is 10.3. The monoisotopic (exact) mass is 245 g/mol. The Hall–Kier alpha value is -1.84. The van der Waals surface area contributed by atoms with E-state index in [-0.39, 0.29) is 5.56 Å². The van der Waals surface area contributed by atoms with Gasteiger partial charge in [-0.2, -0.15) is 5.10 Å². The summed E-state index contributed by atoms with van der Waals surface area (Å²) in [6.45, 7) is 6.63. The normalized spacial score (nSPS) is 12.6. The van der Waals surface area contributed by atoms with Crippen molar-refractivity contribution in [3.63, 3.8) is 0 Å². The number of nitrogens with zero attached hydrogens (tertiary/aromatic N) is 3. The Kier molecular flexibility index (Phi) is 3.65. The fourth-order valence-corrected chi connectivity index (χ4v) is 1.85. The smallest absolute Gasteiger partial charge is 0.253 e. The molecular formula is C14H19N3O. The first-order valence-corrected chi connectivity index (χ1v) is 6.32. The molecule has 0 radical (unpaired) electrons. The predicted octanol–water partition coefficient (Wildman–Crippen LogP) is 2.37. The summed E-state index contributed by atoms with van der Waals surface area (Å²) in [6.07, 6.45) is 4.83. The lowest BCUT2D eigenvalue weighted by molar-refractivity contribution is 0.472. The van der Waals surface area contributed by atoms with Gasteiger partial charge in [0, 0.05) is 24.0 Å². The summed E-state index contributed by atoms with van der Waals surface area (Å²) in [6, 6.07) is 6.09. The number of hydrogen-bond acceptors (Lipinski definition) is 2. The maximum atomic E-state index is 11.9. The van der Waals surface area contributed by atoms with Crippen molar-refractivity contribution in [2.45, 2.75) is 39.8 Å². The molecule has 0 aliphatic rings. The topological polar surface area (TPSA) is 39.8 Å². The zero-order valence-corrected chi connectivity index (χ0v) is 11.1. The first-order chi connectivity index (χ1) is 8.61. The minimum absolute atomic E-state index is 0.0515. The summed E-state index contributed by atoms with van der Waals surface area (Å²) in [5, 5.41) is 4.50. The molecule has 0 aromatic carbocycles. The first-order valence-electron chi connectivity index (χ1n) is 6.32. The van der Waals surface area contributed by atoms with Gasteiger partial charge in [0.25, 0.3) is 5.56 Å². The summed E-state index contributed by atoms with van der Waals surface area (Å²) >= 11 is 0. The van der Waals surface area contributed by atoms with Gasteiger partial charge < -0.3 is 4.57 Å². The number of aryl methyl sites for hydroxylation is 1. The molecule has 4 heteroatoms. The number of hydrogen-bond donors (Lipinski definition) is 0. The molecule has 2 aromatic rings. The van der Waals surface area contributed by atoms with Gasteiger partial charge in [-0.25, -0.2) is 0 Å². The molecule has 1 atom stereocenters. The van der Waals surface area contributed by atoms with Gasteiger partial charge in [-0.15, -0.1) is 0 Å². The summed E-state index contributed by atoms with van der Waals surface area (Å²) in [7, 11) is 0. The van der Waals surface area contributed by atoms with Crippen LogP contribution < -0.4 is 5.56 Å². The highest BCUT2D eigenvalue weighted by Gasteiger charge is 2.06. The third kappa shape index (κ3) is 2.53. The second kappa shape index (κ2) is 5.21. The molecular weight excluding hydrogens is 226 g/mol. The van der Waals surface area contributed by atoms with Crippen molar-refractivity contribution in [3.8, 4) is 0 Å². The van der Waals surface area contributed by atoms with Gasteiger partial charge in [-0.05, 0) is 32.4 Å². The van der Waals surface area contributed by atoms with E-state index in [4.69, 9.17) is 0 Å². The molecule has 2 heterocycles. The highest BCUT2D eigenvalue weighted by molar-refractivity contribution is 5.10. The third-order valence-electron chi connectivity index (χ3n) is 3.25. The third-order valence-corrected chi connectivity index (χ3v) is 3.25. The van der Waals surface area contributed by atoms with E-state index in [1.807, 2.05) is 36.0 Å². The molecule has 0 fully saturated rings. The van der Waals surface area contributed by atoms with Crippen molar-refractivity contribution < 1.29 is 0 Å². The average Bonchev–Trinajstić information content (AvgIpc) is 2.82. The molecule has 0 spiro atoms. The van der Waals surface area contributed by atoms with Gasteiger partial charge >= 0.3 is 0 Å². The highest BCUT2D eigenvalue weighted by Crippen LogP contribution is 2.09. The molecule has 0 saturated heterocycles. The second-order valence-corrected chi connectivity index (χ2v) is 4.67.